The van der Waals surface area contributed by atoms with E-state index in [0.717, 1.165) is 15.8 Å². The van der Waals surface area contributed by atoms with Gasteiger partial charge in [-0.3, -0.25) is 0 Å². The van der Waals surface area contributed by atoms with Gasteiger partial charge in [0.2, 0.25) is 0 Å². The molecule has 0 aromatic heterocycles. The van der Waals surface area contributed by atoms with E-state index in [1.165, 1.54) is 0 Å². The summed E-state index contributed by atoms with van der Waals surface area (Å²) in [4.78, 5) is 0. The number of aliphatic hydroxyl groups is 1. The molecule has 1 heterocycles. The van der Waals surface area contributed by atoms with Gasteiger partial charge in [0.05, 0.1) is 31.7 Å². The maximum atomic E-state index is 9.28. The standard InChI is InChI=1S/C11H14BrNO2.ClH/c1-13-11-7(5-14)6-15-10-3-2-8(12)4-9(10)11;/h2-4,7,11,13-14H,5-6H2,1H3;1H. The van der Waals surface area contributed by atoms with Gasteiger partial charge < -0.3 is 27.6 Å². The van der Waals surface area contributed by atoms with Crippen LogP contribution in [0, 0.1) is 5.92 Å². The van der Waals surface area contributed by atoms with Gasteiger partial charge in [0, 0.05) is 4.47 Å². The Hall–Kier alpha value is -0.290. The second-order valence-electron chi connectivity index (χ2n) is 3.79. The second kappa shape index (κ2) is 5.87. The van der Waals surface area contributed by atoms with Crippen LogP contribution in [0.2, 0.25) is 0 Å². The van der Waals surface area contributed by atoms with Crippen molar-refractivity contribution >= 4 is 15.9 Å². The molecule has 2 unspecified atom stereocenters. The first-order chi connectivity index (χ1) is 7.26. The fourth-order valence-electron chi connectivity index (χ4n) is 2.08. The molecule has 3 nitrogen and oxygen atoms in total. The van der Waals surface area contributed by atoms with Gasteiger partial charge in [0.1, 0.15) is 11.8 Å². The summed E-state index contributed by atoms with van der Waals surface area (Å²) in [6, 6.07) is 6.31. The molecular formula is C11H15BrClNO2. The topological polar surface area (TPSA) is 46.1 Å². The van der Waals surface area contributed by atoms with E-state index in [2.05, 4.69) is 27.3 Å². The van der Waals surface area contributed by atoms with Crippen molar-refractivity contribution in [2.75, 3.05) is 20.3 Å². The Morgan fingerprint density at radius 2 is 2.31 bits per heavy atom. The van der Waals surface area contributed by atoms with Gasteiger partial charge in [-0.2, -0.15) is 0 Å². The fraction of sp³-hybridized carbons (Fsp3) is 0.455. The van der Waals surface area contributed by atoms with Crippen molar-refractivity contribution in [3.63, 3.8) is 0 Å². The van der Waals surface area contributed by atoms with E-state index in [4.69, 9.17) is 4.74 Å². The lowest BCUT2D eigenvalue weighted by Gasteiger charge is -2.29. The molecule has 2 atom stereocenters. The van der Waals surface area contributed by atoms with Gasteiger partial charge in [-0.15, -0.1) is 0 Å². The van der Waals surface area contributed by atoms with Crippen LogP contribution in [0.4, 0.5) is 0 Å². The van der Waals surface area contributed by atoms with E-state index in [9.17, 15) is 5.11 Å². The Morgan fingerprint density at radius 3 is 2.94 bits per heavy atom. The van der Waals surface area contributed by atoms with Crippen LogP contribution in [0.3, 0.4) is 0 Å². The summed E-state index contributed by atoms with van der Waals surface area (Å²) in [5, 5.41) is 11.4. The van der Waals surface area contributed by atoms with Crippen LogP contribution in [0.1, 0.15) is 11.6 Å². The second-order valence-corrected chi connectivity index (χ2v) is 4.71. The van der Waals surface area contributed by atoms with E-state index in [0.29, 0.717) is 6.61 Å². The molecule has 0 amide bonds. The minimum absolute atomic E-state index is 0. The minimum atomic E-state index is 0. The van der Waals surface area contributed by atoms with E-state index in [1.807, 2.05) is 19.2 Å². The highest BCUT2D eigenvalue weighted by molar-refractivity contribution is 9.10. The summed E-state index contributed by atoms with van der Waals surface area (Å²) in [5.41, 5.74) is 1.16. The average Bonchev–Trinajstić information content (AvgIpc) is 2.27. The molecule has 0 spiro atoms. The zero-order valence-electron chi connectivity index (χ0n) is 8.99. The van der Waals surface area contributed by atoms with E-state index >= 15 is 0 Å². The highest BCUT2D eigenvalue weighted by atomic mass is 79.9. The summed E-state index contributed by atoms with van der Waals surface area (Å²) in [6.45, 7) is 0.765. The molecule has 5 heteroatoms. The van der Waals surface area contributed by atoms with Crippen molar-refractivity contribution < 1.29 is 27.6 Å². The Morgan fingerprint density at radius 1 is 1.56 bits per heavy atom. The number of hydrogen-bond acceptors (Lipinski definition) is 2. The monoisotopic (exact) mass is 307 g/mol. The van der Waals surface area contributed by atoms with Crippen molar-refractivity contribution in [2.45, 2.75) is 6.04 Å². The van der Waals surface area contributed by atoms with Crippen molar-refractivity contribution in [3.05, 3.63) is 28.2 Å². The lowest BCUT2D eigenvalue weighted by atomic mass is 9.91. The Kier molecular flexibility index (Phi) is 5.05. The molecule has 1 aromatic carbocycles. The van der Waals surface area contributed by atoms with Crippen LogP contribution in [0.15, 0.2) is 22.7 Å². The van der Waals surface area contributed by atoms with Crippen LogP contribution < -0.4 is 22.5 Å². The summed E-state index contributed by atoms with van der Waals surface area (Å²) in [5.74, 6) is 1.11. The van der Waals surface area contributed by atoms with E-state index in [1.54, 1.807) is 0 Å². The number of benzene rings is 1. The first kappa shape index (κ1) is 13.8. The molecule has 0 aliphatic carbocycles. The zero-order chi connectivity index (χ0) is 10.8. The lowest BCUT2D eigenvalue weighted by molar-refractivity contribution is -0.679. The SMILES string of the molecule is C[NH2+]C1c2cc(Br)ccc2OCC1CO.[Cl-]. The molecule has 3 N–H and O–H groups in total. The van der Waals surface area contributed by atoms with Crippen molar-refractivity contribution in [3.8, 4) is 5.75 Å². The largest absolute Gasteiger partial charge is 1.00 e. The molecule has 1 aromatic rings. The quantitative estimate of drug-likeness (QED) is 0.645. The van der Waals surface area contributed by atoms with Gasteiger partial charge in [-0.05, 0) is 18.2 Å². The smallest absolute Gasteiger partial charge is 0.128 e. The van der Waals surface area contributed by atoms with Crippen molar-refractivity contribution in [1.82, 2.24) is 0 Å². The van der Waals surface area contributed by atoms with Gasteiger partial charge in [0.15, 0.2) is 0 Å². The molecule has 0 saturated heterocycles. The van der Waals surface area contributed by atoms with Crippen molar-refractivity contribution in [2.24, 2.45) is 5.92 Å². The van der Waals surface area contributed by atoms with Crippen LogP contribution in [-0.2, 0) is 0 Å². The highest BCUT2D eigenvalue weighted by Gasteiger charge is 2.32. The fourth-order valence-corrected chi connectivity index (χ4v) is 2.46. The summed E-state index contributed by atoms with van der Waals surface area (Å²) in [6.07, 6.45) is 0. The van der Waals surface area contributed by atoms with Crippen LogP contribution >= 0.6 is 15.9 Å². The van der Waals surface area contributed by atoms with Gasteiger partial charge in [-0.1, -0.05) is 15.9 Å². The molecule has 0 radical (unpaired) electrons. The van der Waals surface area contributed by atoms with E-state index in [-0.39, 0.29) is 31.0 Å². The first-order valence-corrected chi connectivity index (χ1v) is 5.88. The van der Waals surface area contributed by atoms with Gasteiger partial charge >= 0.3 is 0 Å². The third-order valence-electron chi connectivity index (χ3n) is 2.89. The molecule has 1 aliphatic heterocycles. The third kappa shape index (κ3) is 2.51. The summed E-state index contributed by atoms with van der Waals surface area (Å²) in [7, 11) is 2.03. The molecule has 0 bridgehead atoms. The number of halogens is 2. The molecule has 1 aliphatic rings. The zero-order valence-corrected chi connectivity index (χ0v) is 11.3. The Bertz CT molecular complexity index is 362. The maximum Gasteiger partial charge on any atom is 0.128 e. The molecule has 0 fully saturated rings. The predicted molar refractivity (Wildman–Crippen MR) is 60.8 cm³/mol. The molecular weight excluding hydrogens is 293 g/mol. The molecule has 90 valence electrons. The summed E-state index contributed by atoms with van der Waals surface area (Å²) < 4.78 is 6.66. The predicted octanol–water partition coefficient (Wildman–Crippen LogP) is -2.31. The van der Waals surface area contributed by atoms with E-state index < -0.39 is 0 Å². The van der Waals surface area contributed by atoms with Crippen molar-refractivity contribution in [1.29, 1.82) is 0 Å². The maximum absolute atomic E-state index is 9.28. The molecule has 0 saturated carbocycles. The lowest BCUT2D eigenvalue weighted by Crippen LogP contribution is -3.00. The normalized spacial score (nSPS) is 22.9. The number of nitrogens with two attached hydrogens (primary N) is 1. The number of fused-ring (bicyclic) bond motifs is 1. The number of quaternary nitrogens is 1. The Balaban J connectivity index is 0.00000128. The van der Waals surface area contributed by atoms with Gasteiger partial charge in [0.25, 0.3) is 0 Å². The Labute approximate surface area is 110 Å². The number of aliphatic hydroxyl groups excluding tert-OH is 1. The number of hydrogen-bond donors (Lipinski definition) is 2. The third-order valence-corrected chi connectivity index (χ3v) is 3.38. The molecule has 16 heavy (non-hydrogen) atoms. The first-order valence-electron chi connectivity index (χ1n) is 5.09. The van der Waals surface area contributed by atoms with Gasteiger partial charge in [-0.25, -0.2) is 0 Å². The van der Waals surface area contributed by atoms with Crippen LogP contribution in [0.25, 0.3) is 0 Å². The average molecular weight is 309 g/mol. The van der Waals surface area contributed by atoms with Crippen LogP contribution in [0.5, 0.6) is 5.75 Å². The highest BCUT2D eigenvalue weighted by Crippen LogP contribution is 2.34. The minimum Gasteiger partial charge on any atom is -1.00 e. The number of rotatable bonds is 2. The van der Waals surface area contributed by atoms with Crippen LogP contribution in [-0.4, -0.2) is 25.4 Å². The summed E-state index contributed by atoms with van der Waals surface area (Å²) >= 11 is 3.46. The number of ether oxygens (including phenoxy) is 1. The molecule has 2 rings (SSSR count).